The summed E-state index contributed by atoms with van der Waals surface area (Å²) >= 11 is 0. The van der Waals surface area contributed by atoms with Crippen LogP contribution in [0.25, 0.3) is 0 Å². The van der Waals surface area contributed by atoms with Crippen LogP contribution in [0.2, 0.25) is 0 Å². The van der Waals surface area contributed by atoms with Crippen molar-refractivity contribution in [1.29, 1.82) is 0 Å². The summed E-state index contributed by atoms with van der Waals surface area (Å²) in [5.41, 5.74) is 0. The summed E-state index contributed by atoms with van der Waals surface area (Å²) in [6.07, 6.45) is 2.30. The Labute approximate surface area is 106 Å². The molecule has 0 aromatic heterocycles. The summed E-state index contributed by atoms with van der Waals surface area (Å²) in [5.74, 6) is 0. The molecule has 1 saturated heterocycles. The monoisotopic (exact) mass is 244 g/mol. The summed E-state index contributed by atoms with van der Waals surface area (Å²) in [4.78, 5) is 2.36. The molecule has 1 rings (SSSR count). The van der Waals surface area contributed by atoms with Crippen LogP contribution in [0.5, 0.6) is 0 Å². The second kappa shape index (κ2) is 8.86. The van der Waals surface area contributed by atoms with Crippen LogP contribution in [0.1, 0.15) is 26.7 Å². The molecule has 1 fully saturated rings. The molecule has 2 unspecified atom stereocenters. The van der Waals surface area contributed by atoms with Crippen molar-refractivity contribution in [3.05, 3.63) is 0 Å². The predicted octanol–water partition coefficient (Wildman–Crippen LogP) is 1.11. The van der Waals surface area contributed by atoms with Gasteiger partial charge >= 0.3 is 0 Å². The maximum Gasteiger partial charge on any atom is 0.0636 e. The average molecular weight is 244 g/mol. The topological polar surface area (TPSA) is 33.7 Å². The lowest BCUT2D eigenvalue weighted by Gasteiger charge is -2.38. The quantitative estimate of drug-likeness (QED) is 0.649. The van der Waals surface area contributed by atoms with Gasteiger partial charge in [0.1, 0.15) is 0 Å². The van der Waals surface area contributed by atoms with Crippen molar-refractivity contribution in [1.82, 2.24) is 10.2 Å². The molecule has 1 heterocycles. The van der Waals surface area contributed by atoms with Crippen molar-refractivity contribution in [2.75, 3.05) is 46.6 Å². The summed E-state index contributed by atoms with van der Waals surface area (Å²) in [5, 5.41) is 3.63. The lowest BCUT2D eigenvalue weighted by molar-refractivity contribution is -0.00279. The van der Waals surface area contributed by atoms with Crippen molar-refractivity contribution in [2.24, 2.45) is 0 Å². The van der Waals surface area contributed by atoms with Gasteiger partial charge in [0.05, 0.1) is 13.2 Å². The molecule has 1 N–H and O–H groups in total. The van der Waals surface area contributed by atoms with Crippen LogP contribution < -0.4 is 5.32 Å². The summed E-state index contributed by atoms with van der Waals surface area (Å²) in [6.45, 7) is 9.65. The number of nitrogens with one attached hydrogen (secondary N) is 1. The van der Waals surface area contributed by atoms with E-state index in [0.29, 0.717) is 12.1 Å². The second-order valence-electron chi connectivity index (χ2n) is 4.67. The van der Waals surface area contributed by atoms with Gasteiger partial charge in [-0.2, -0.15) is 0 Å². The van der Waals surface area contributed by atoms with Crippen molar-refractivity contribution in [3.8, 4) is 0 Å². The summed E-state index contributed by atoms with van der Waals surface area (Å²) in [7, 11) is 2.17. The molecule has 0 spiro atoms. The number of ether oxygens (including phenoxy) is 2. The Bertz CT molecular complexity index is 190. The molecule has 0 aromatic rings. The minimum Gasteiger partial charge on any atom is -0.380 e. The third-order valence-electron chi connectivity index (χ3n) is 3.34. The van der Waals surface area contributed by atoms with Crippen molar-refractivity contribution < 1.29 is 9.47 Å². The smallest absolute Gasteiger partial charge is 0.0636 e. The van der Waals surface area contributed by atoms with Crippen LogP contribution in [-0.4, -0.2) is 63.5 Å². The fourth-order valence-corrected chi connectivity index (χ4v) is 2.24. The van der Waals surface area contributed by atoms with Gasteiger partial charge in [-0.25, -0.2) is 0 Å². The van der Waals surface area contributed by atoms with Gasteiger partial charge in [0.2, 0.25) is 0 Å². The highest BCUT2D eigenvalue weighted by molar-refractivity contribution is 4.86. The number of rotatable bonds is 8. The van der Waals surface area contributed by atoms with Gasteiger partial charge in [-0.3, -0.25) is 4.90 Å². The molecule has 0 radical (unpaired) electrons. The normalized spacial score (nSPS) is 25.4. The van der Waals surface area contributed by atoms with Crippen LogP contribution >= 0.6 is 0 Å². The second-order valence-corrected chi connectivity index (χ2v) is 4.67. The van der Waals surface area contributed by atoms with E-state index in [-0.39, 0.29) is 0 Å². The van der Waals surface area contributed by atoms with Crippen LogP contribution in [0, 0.1) is 0 Å². The number of nitrogens with zero attached hydrogens (tertiary/aromatic N) is 1. The van der Waals surface area contributed by atoms with Crippen molar-refractivity contribution >= 4 is 0 Å². The average Bonchev–Trinajstić information content (AvgIpc) is 2.37. The van der Waals surface area contributed by atoms with E-state index in [2.05, 4.69) is 24.2 Å². The molecule has 0 saturated carbocycles. The van der Waals surface area contributed by atoms with Gasteiger partial charge in [0, 0.05) is 31.8 Å². The molecule has 0 amide bonds. The van der Waals surface area contributed by atoms with E-state index in [9.17, 15) is 0 Å². The third kappa shape index (κ3) is 5.34. The summed E-state index contributed by atoms with van der Waals surface area (Å²) < 4.78 is 11.0. The highest BCUT2D eigenvalue weighted by Gasteiger charge is 2.28. The van der Waals surface area contributed by atoms with Crippen LogP contribution in [0.3, 0.4) is 0 Å². The Balaban J connectivity index is 2.34. The Hall–Kier alpha value is -0.160. The first-order valence-corrected chi connectivity index (χ1v) is 6.88. The lowest BCUT2D eigenvalue weighted by atomic mass is 10.0. The molecule has 17 heavy (non-hydrogen) atoms. The zero-order valence-corrected chi connectivity index (χ0v) is 11.6. The first-order valence-electron chi connectivity index (χ1n) is 6.88. The minimum atomic E-state index is 0.482. The molecule has 0 bridgehead atoms. The van der Waals surface area contributed by atoms with Gasteiger partial charge in [0.25, 0.3) is 0 Å². The molecule has 1 aliphatic rings. The third-order valence-corrected chi connectivity index (χ3v) is 3.34. The standard InChI is InChI=1S/C13H28N2O2/c1-4-7-14-12-6-9-17-11-13(12)15(3)8-10-16-5-2/h12-14H,4-11H2,1-3H3. The molecular weight excluding hydrogens is 216 g/mol. The van der Waals surface area contributed by atoms with E-state index >= 15 is 0 Å². The molecule has 4 nitrogen and oxygen atoms in total. The van der Waals surface area contributed by atoms with Gasteiger partial charge in [0.15, 0.2) is 0 Å². The highest BCUT2D eigenvalue weighted by atomic mass is 16.5. The van der Waals surface area contributed by atoms with E-state index in [1.54, 1.807) is 0 Å². The summed E-state index contributed by atoms with van der Waals surface area (Å²) in [6, 6.07) is 1.05. The molecular formula is C13H28N2O2. The Morgan fingerprint density at radius 1 is 1.41 bits per heavy atom. The number of hydrogen-bond acceptors (Lipinski definition) is 4. The molecule has 1 aliphatic heterocycles. The largest absolute Gasteiger partial charge is 0.380 e. The maximum atomic E-state index is 5.60. The zero-order valence-electron chi connectivity index (χ0n) is 11.6. The highest BCUT2D eigenvalue weighted by Crippen LogP contribution is 2.13. The first-order chi connectivity index (χ1) is 8.29. The Kier molecular flexibility index (Phi) is 7.77. The van der Waals surface area contributed by atoms with E-state index in [1.165, 1.54) is 6.42 Å². The van der Waals surface area contributed by atoms with Crippen molar-refractivity contribution in [3.63, 3.8) is 0 Å². The fraction of sp³-hybridized carbons (Fsp3) is 1.00. The van der Waals surface area contributed by atoms with Crippen molar-refractivity contribution in [2.45, 2.75) is 38.8 Å². The van der Waals surface area contributed by atoms with Crippen LogP contribution in [0.4, 0.5) is 0 Å². The Morgan fingerprint density at radius 3 is 2.94 bits per heavy atom. The van der Waals surface area contributed by atoms with E-state index in [4.69, 9.17) is 9.47 Å². The van der Waals surface area contributed by atoms with Gasteiger partial charge < -0.3 is 14.8 Å². The van der Waals surface area contributed by atoms with Gasteiger partial charge in [-0.05, 0) is 33.4 Å². The predicted molar refractivity (Wildman–Crippen MR) is 70.4 cm³/mol. The van der Waals surface area contributed by atoms with Gasteiger partial charge in [-0.15, -0.1) is 0 Å². The van der Waals surface area contributed by atoms with Gasteiger partial charge in [-0.1, -0.05) is 6.92 Å². The molecule has 0 aromatic carbocycles. The number of hydrogen-bond donors (Lipinski definition) is 1. The molecule has 2 atom stereocenters. The number of likely N-dealkylation sites (N-methyl/N-ethyl adjacent to an activating group) is 1. The molecule has 102 valence electrons. The molecule has 4 heteroatoms. The SMILES string of the molecule is CCCNC1CCOCC1N(C)CCOCC. The zero-order chi connectivity index (χ0) is 12.5. The Morgan fingerprint density at radius 2 is 2.24 bits per heavy atom. The van der Waals surface area contributed by atoms with Crippen LogP contribution in [-0.2, 0) is 9.47 Å². The van der Waals surface area contributed by atoms with E-state index < -0.39 is 0 Å². The van der Waals surface area contributed by atoms with E-state index in [0.717, 1.165) is 45.9 Å². The molecule has 0 aliphatic carbocycles. The lowest BCUT2D eigenvalue weighted by Crippen LogP contribution is -2.54. The maximum absolute atomic E-state index is 5.60. The van der Waals surface area contributed by atoms with E-state index in [1.807, 2.05) is 6.92 Å². The fourth-order valence-electron chi connectivity index (χ4n) is 2.24. The first kappa shape index (κ1) is 14.9. The minimum absolute atomic E-state index is 0.482. The van der Waals surface area contributed by atoms with Crippen LogP contribution in [0.15, 0.2) is 0 Å².